The van der Waals surface area contributed by atoms with Crippen LogP contribution in [0, 0.1) is 11.3 Å². The third-order valence-corrected chi connectivity index (χ3v) is 12.6. The van der Waals surface area contributed by atoms with Crippen LogP contribution in [0.3, 0.4) is 0 Å². The maximum absolute atomic E-state index is 14.0. The Labute approximate surface area is 306 Å². The number of carbonyl (C=O) groups is 3. The molecule has 0 bridgehead atoms. The summed E-state index contributed by atoms with van der Waals surface area (Å²) in [5.41, 5.74) is 1.51. The minimum absolute atomic E-state index is 0.0513. The highest BCUT2D eigenvalue weighted by atomic mass is 35.5. The largest absolute Gasteiger partial charge is 0.466 e. The van der Waals surface area contributed by atoms with Crippen LogP contribution in [0.2, 0.25) is 10.0 Å². The maximum Gasteiger partial charge on any atom is 0.307 e. The van der Waals surface area contributed by atoms with Crippen molar-refractivity contribution in [1.82, 2.24) is 14.6 Å². The zero-order valence-electron chi connectivity index (χ0n) is 27.3. The van der Waals surface area contributed by atoms with Crippen molar-refractivity contribution >= 4 is 68.5 Å². The molecule has 264 valence electrons. The van der Waals surface area contributed by atoms with Gasteiger partial charge in [0.1, 0.15) is 6.04 Å². The normalized spacial score (nSPS) is 18.7. The lowest BCUT2D eigenvalue weighted by Crippen LogP contribution is -2.49. The SMILES string of the molecule is CCOC(=O)C[C@H](Cc1ccc(NC(=O)c2c(Cl)cncc2Cl)cc1)NC(=O)[C@@H]1C[C@@H](SC2CCCC2)CN1S(=O)(=O)c1cccc(C#N)c1. The minimum atomic E-state index is -4.14. The molecule has 2 N–H and O–H groups in total. The van der Waals surface area contributed by atoms with E-state index in [1.807, 2.05) is 6.07 Å². The number of thioether (sulfide) groups is 1. The van der Waals surface area contributed by atoms with Crippen molar-refractivity contribution in [2.75, 3.05) is 18.5 Å². The Bertz CT molecular complexity index is 1850. The average molecular weight is 759 g/mol. The fraction of sp³-hybridized carbons (Fsp3) is 0.400. The van der Waals surface area contributed by atoms with Gasteiger partial charge in [-0.2, -0.15) is 21.3 Å². The Morgan fingerprint density at radius 3 is 2.44 bits per heavy atom. The van der Waals surface area contributed by atoms with Gasteiger partial charge in [-0.3, -0.25) is 19.4 Å². The van der Waals surface area contributed by atoms with Crippen molar-refractivity contribution < 1.29 is 27.5 Å². The zero-order chi connectivity index (χ0) is 35.8. The van der Waals surface area contributed by atoms with E-state index in [4.69, 9.17) is 27.9 Å². The number of hydrogen-bond donors (Lipinski definition) is 2. The smallest absolute Gasteiger partial charge is 0.307 e. The highest BCUT2D eigenvalue weighted by Crippen LogP contribution is 2.39. The predicted octanol–water partition coefficient (Wildman–Crippen LogP) is 6.00. The van der Waals surface area contributed by atoms with Crippen LogP contribution in [0.25, 0.3) is 0 Å². The molecule has 1 aliphatic heterocycles. The first-order chi connectivity index (χ1) is 24.0. The minimum Gasteiger partial charge on any atom is -0.466 e. The first-order valence-electron chi connectivity index (χ1n) is 16.3. The van der Waals surface area contributed by atoms with Crippen molar-refractivity contribution in [3.8, 4) is 6.07 Å². The van der Waals surface area contributed by atoms with Crippen LogP contribution in [0.1, 0.15) is 66.9 Å². The number of nitriles is 1. The highest BCUT2D eigenvalue weighted by Gasteiger charge is 2.45. The Morgan fingerprint density at radius 2 is 1.78 bits per heavy atom. The van der Waals surface area contributed by atoms with Crippen molar-refractivity contribution in [3.63, 3.8) is 0 Å². The molecule has 1 aliphatic carbocycles. The van der Waals surface area contributed by atoms with Crippen LogP contribution in [0.15, 0.2) is 65.8 Å². The molecule has 0 spiro atoms. The van der Waals surface area contributed by atoms with Gasteiger partial charge in [0.25, 0.3) is 5.91 Å². The molecule has 2 fully saturated rings. The molecule has 0 unspecified atom stereocenters. The number of aromatic nitrogens is 1. The molecule has 15 heteroatoms. The number of carbonyl (C=O) groups excluding carboxylic acids is 3. The van der Waals surface area contributed by atoms with Gasteiger partial charge in [-0.15, -0.1) is 0 Å². The number of amides is 2. The fourth-order valence-electron chi connectivity index (χ4n) is 6.25. The number of anilines is 1. The second-order valence-corrected chi connectivity index (χ2v) is 16.5. The van der Waals surface area contributed by atoms with Gasteiger partial charge in [0.15, 0.2) is 0 Å². The summed E-state index contributed by atoms with van der Waals surface area (Å²) in [7, 11) is -4.14. The Balaban J connectivity index is 1.34. The third-order valence-electron chi connectivity index (χ3n) is 8.62. The van der Waals surface area contributed by atoms with E-state index in [1.165, 1.54) is 41.0 Å². The summed E-state index contributed by atoms with van der Waals surface area (Å²) in [6.07, 6.45) is 7.44. The number of halogens is 2. The van der Waals surface area contributed by atoms with Gasteiger partial charge >= 0.3 is 5.97 Å². The summed E-state index contributed by atoms with van der Waals surface area (Å²) in [5.74, 6) is -1.53. The monoisotopic (exact) mass is 757 g/mol. The molecule has 2 heterocycles. The maximum atomic E-state index is 14.0. The van der Waals surface area contributed by atoms with Gasteiger partial charge in [-0.1, -0.05) is 54.2 Å². The molecule has 2 aliphatic rings. The van der Waals surface area contributed by atoms with Gasteiger partial charge < -0.3 is 15.4 Å². The Kier molecular flexibility index (Phi) is 12.8. The van der Waals surface area contributed by atoms with Crippen molar-refractivity contribution in [2.45, 2.75) is 79.3 Å². The molecule has 1 saturated heterocycles. The van der Waals surface area contributed by atoms with E-state index in [0.717, 1.165) is 31.2 Å². The number of benzene rings is 2. The molecule has 2 aromatic carbocycles. The molecule has 2 amide bonds. The highest BCUT2D eigenvalue weighted by molar-refractivity contribution is 8.00. The molecule has 3 atom stereocenters. The summed E-state index contributed by atoms with van der Waals surface area (Å²) in [6, 6.07) is 12.9. The van der Waals surface area contributed by atoms with Crippen molar-refractivity contribution in [3.05, 3.63) is 87.7 Å². The predicted molar refractivity (Wildman–Crippen MR) is 193 cm³/mol. The van der Waals surface area contributed by atoms with E-state index in [2.05, 4.69) is 15.6 Å². The molecule has 0 radical (unpaired) electrons. The van der Waals surface area contributed by atoms with Gasteiger partial charge in [0.2, 0.25) is 15.9 Å². The fourth-order valence-corrected chi connectivity index (χ4v) is 10.3. The molecule has 11 nitrogen and oxygen atoms in total. The number of ether oxygens (including phenoxy) is 1. The first kappa shape index (κ1) is 37.6. The van der Waals surface area contributed by atoms with Gasteiger partial charge in [-0.05, 0) is 68.5 Å². The molecule has 1 saturated carbocycles. The number of hydrogen-bond acceptors (Lipinski definition) is 9. The summed E-state index contributed by atoms with van der Waals surface area (Å²) in [6.45, 7) is 2.01. The van der Waals surface area contributed by atoms with E-state index >= 15 is 0 Å². The molecular weight excluding hydrogens is 721 g/mol. The third kappa shape index (κ3) is 9.35. The van der Waals surface area contributed by atoms with Crippen LogP contribution < -0.4 is 10.6 Å². The number of pyridine rings is 1. The quantitative estimate of drug-likeness (QED) is 0.200. The summed E-state index contributed by atoms with van der Waals surface area (Å²) >= 11 is 14.0. The average Bonchev–Trinajstić information content (AvgIpc) is 3.77. The number of sulfonamides is 1. The first-order valence-corrected chi connectivity index (χ1v) is 19.4. The number of rotatable bonds is 13. The Hall–Kier alpha value is -3.67. The Morgan fingerprint density at radius 1 is 1.08 bits per heavy atom. The summed E-state index contributed by atoms with van der Waals surface area (Å²) < 4.78 is 34.4. The standard InChI is InChI=1S/C35H37Cl2N5O6S2/c1-2-48-32(43)16-25(14-22-10-12-24(13-11-22)40-35(45)33-29(36)19-39-20-30(33)37)41-34(44)31-17-27(49-26-7-3-4-8-26)21-42(31)50(46,47)28-9-5-6-23(15-28)18-38/h5-6,9-13,15,19-20,25-27,31H,2-4,7-8,14,16-17,21H2,1H3,(H,40,45)(H,41,44)/t25-,27+,31-/m0/s1. The van der Waals surface area contributed by atoms with Gasteiger partial charge in [0.05, 0.1) is 45.2 Å². The second-order valence-electron chi connectivity index (χ2n) is 12.2. The number of nitrogens with one attached hydrogen (secondary N) is 2. The van der Waals surface area contributed by atoms with Crippen LogP contribution in [0.5, 0.6) is 0 Å². The lowest BCUT2D eigenvalue weighted by atomic mass is 10.0. The molecule has 1 aromatic heterocycles. The van der Waals surface area contributed by atoms with E-state index in [-0.39, 0.29) is 57.3 Å². The molecular formula is C35H37Cl2N5O6S2. The lowest BCUT2D eigenvalue weighted by Gasteiger charge is -2.26. The van der Waals surface area contributed by atoms with E-state index in [0.29, 0.717) is 17.4 Å². The summed E-state index contributed by atoms with van der Waals surface area (Å²) in [4.78, 5) is 43.3. The van der Waals surface area contributed by atoms with E-state index in [1.54, 1.807) is 43.0 Å². The van der Waals surface area contributed by atoms with Crippen LogP contribution in [-0.2, 0) is 30.8 Å². The van der Waals surface area contributed by atoms with E-state index < -0.39 is 39.9 Å². The van der Waals surface area contributed by atoms with Gasteiger partial charge in [-0.25, -0.2) is 8.42 Å². The number of esters is 1. The van der Waals surface area contributed by atoms with Crippen molar-refractivity contribution in [1.29, 1.82) is 5.26 Å². The number of nitrogens with zero attached hydrogens (tertiary/aromatic N) is 3. The van der Waals surface area contributed by atoms with Gasteiger partial charge in [0, 0.05) is 41.2 Å². The summed E-state index contributed by atoms with van der Waals surface area (Å²) in [5, 5.41) is 15.6. The van der Waals surface area contributed by atoms with Crippen LogP contribution in [-0.4, -0.2) is 71.2 Å². The van der Waals surface area contributed by atoms with E-state index in [9.17, 15) is 28.1 Å². The lowest BCUT2D eigenvalue weighted by molar-refractivity contribution is -0.143. The topological polar surface area (TPSA) is 159 Å². The van der Waals surface area contributed by atoms with Crippen molar-refractivity contribution in [2.24, 2.45) is 0 Å². The zero-order valence-corrected chi connectivity index (χ0v) is 30.5. The van der Waals surface area contributed by atoms with Crippen LogP contribution in [0.4, 0.5) is 5.69 Å². The molecule has 5 rings (SSSR count). The second kappa shape index (κ2) is 17.0. The molecule has 3 aromatic rings. The van der Waals surface area contributed by atoms with Crippen LogP contribution >= 0.6 is 35.0 Å². The molecule has 50 heavy (non-hydrogen) atoms.